The number of nitrogens with zero attached hydrogens (tertiary/aromatic N) is 5. The molecule has 27 heavy (non-hydrogen) atoms. The molecule has 0 saturated heterocycles. The molecule has 1 fully saturated rings. The first-order valence-corrected chi connectivity index (χ1v) is 10.9. The molecular weight excluding hydrogens is 358 g/mol. The quantitative estimate of drug-likeness (QED) is 0.643. The summed E-state index contributed by atoms with van der Waals surface area (Å²) in [4.78, 5) is 14.5. The van der Waals surface area contributed by atoms with Gasteiger partial charge in [-0.1, -0.05) is 56.5 Å². The Morgan fingerprint density at radius 3 is 2.67 bits per heavy atom. The predicted molar refractivity (Wildman–Crippen MR) is 108 cm³/mol. The molecule has 0 atom stereocenters. The normalized spacial score (nSPS) is 15.0. The lowest BCUT2D eigenvalue weighted by atomic mass is 9.94. The number of thioether (sulfide) groups is 1. The number of aromatic nitrogens is 4. The molecule has 6 nitrogen and oxygen atoms in total. The number of unbranched alkanes of at least 4 members (excludes halogenated alkanes) is 1. The Morgan fingerprint density at radius 2 is 1.96 bits per heavy atom. The Hall–Kier alpha value is -1.89. The summed E-state index contributed by atoms with van der Waals surface area (Å²) in [5, 5.41) is 12.7. The number of rotatable bonds is 8. The molecular formula is C20H29N5OS. The average molecular weight is 388 g/mol. The molecule has 0 radical (unpaired) electrons. The van der Waals surface area contributed by atoms with Crippen molar-refractivity contribution in [3.05, 3.63) is 29.8 Å². The van der Waals surface area contributed by atoms with Crippen LogP contribution >= 0.6 is 11.8 Å². The monoisotopic (exact) mass is 387 g/mol. The van der Waals surface area contributed by atoms with Crippen molar-refractivity contribution in [3.63, 3.8) is 0 Å². The molecule has 1 saturated carbocycles. The SMILES string of the molecule is CCCCc1ccc(-n2nnnc2SCC(=O)N(C)C2CCCCC2)cc1. The maximum Gasteiger partial charge on any atom is 0.233 e. The van der Waals surface area contributed by atoms with Crippen LogP contribution in [0.1, 0.15) is 57.4 Å². The van der Waals surface area contributed by atoms with Crippen molar-refractivity contribution >= 4 is 17.7 Å². The van der Waals surface area contributed by atoms with Crippen LogP contribution in [0.4, 0.5) is 0 Å². The summed E-state index contributed by atoms with van der Waals surface area (Å²) in [7, 11) is 1.93. The number of amides is 1. The van der Waals surface area contributed by atoms with Crippen LogP contribution in [0.3, 0.4) is 0 Å². The first-order chi connectivity index (χ1) is 13.2. The van der Waals surface area contributed by atoms with E-state index in [-0.39, 0.29) is 5.91 Å². The number of benzene rings is 1. The minimum absolute atomic E-state index is 0.149. The highest BCUT2D eigenvalue weighted by Crippen LogP contribution is 2.24. The van der Waals surface area contributed by atoms with Gasteiger partial charge in [0.05, 0.1) is 11.4 Å². The summed E-state index contributed by atoms with van der Waals surface area (Å²) >= 11 is 1.40. The van der Waals surface area contributed by atoms with E-state index in [0.717, 1.165) is 24.9 Å². The number of hydrogen-bond donors (Lipinski definition) is 0. The third kappa shape index (κ3) is 5.31. The zero-order valence-corrected chi connectivity index (χ0v) is 17.1. The van der Waals surface area contributed by atoms with Gasteiger partial charge in [-0.15, -0.1) is 5.10 Å². The standard InChI is InChI=1S/C20H29N5OS/c1-3-4-8-16-11-13-18(14-12-16)25-20(21-22-23-25)27-15-19(26)24(2)17-9-6-5-7-10-17/h11-14,17H,3-10,15H2,1-2H3. The maximum atomic E-state index is 12.6. The molecule has 1 aromatic carbocycles. The van der Waals surface area contributed by atoms with E-state index in [1.165, 1.54) is 49.4 Å². The third-order valence-electron chi connectivity index (χ3n) is 5.28. The highest BCUT2D eigenvalue weighted by atomic mass is 32.2. The Kier molecular flexibility index (Phi) is 7.26. The van der Waals surface area contributed by atoms with Crippen LogP contribution in [0.2, 0.25) is 0 Å². The summed E-state index contributed by atoms with van der Waals surface area (Å²) in [6, 6.07) is 8.73. The van der Waals surface area contributed by atoms with Crippen molar-refractivity contribution in [2.75, 3.05) is 12.8 Å². The molecule has 1 aromatic heterocycles. The van der Waals surface area contributed by atoms with Gasteiger partial charge in [-0.3, -0.25) is 4.79 Å². The van der Waals surface area contributed by atoms with Crippen molar-refractivity contribution in [2.24, 2.45) is 0 Å². The Balaban J connectivity index is 1.59. The van der Waals surface area contributed by atoms with E-state index in [1.807, 2.05) is 24.1 Å². The molecule has 0 N–H and O–H groups in total. The van der Waals surface area contributed by atoms with E-state index in [2.05, 4.69) is 34.6 Å². The molecule has 3 rings (SSSR count). The van der Waals surface area contributed by atoms with Crippen LogP contribution in [-0.2, 0) is 11.2 Å². The van der Waals surface area contributed by atoms with Gasteiger partial charge in [0.25, 0.3) is 0 Å². The third-order valence-corrected chi connectivity index (χ3v) is 6.19. The molecule has 0 bridgehead atoms. The van der Waals surface area contributed by atoms with Crippen molar-refractivity contribution in [3.8, 4) is 5.69 Å². The van der Waals surface area contributed by atoms with Crippen molar-refractivity contribution in [1.82, 2.24) is 25.1 Å². The molecule has 0 aliphatic heterocycles. The predicted octanol–water partition coefficient (Wildman–Crippen LogP) is 3.89. The zero-order chi connectivity index (χ0) is 19.1. The van der Waals surface area contributed by atoms with Gasteiger partial charge in [0.15, 0.2) is 0 Å². The van der Waals surface area contributed by atoms with E-state index >= 15 is 0 Å². The van der Waals surface area contributed by atoms with Crippen LogP contribution in [0.5, 0.6) is 0 Å². The zero-order valence-electron chi connectivity index (χ0n) is 16.3. The molecule has 0 unspecified atom stereocenters. The van der Waals surface area contributed by atoms with Gasteiger partial charge in [0.1, 0.15) is 0 Å². The molecule has 2 aromatic rings. The average Bonchev–Trinajstić information content (AvgIpc) is 3.19. The van der Waals surface area contributed by atoms with E-state index in [4.69, 9.17) is 0 Å². The van der Waals surface area contributed by atoms with Crippen molar-refractivity contribution in [2.45, 2.75) is 69.5 Å². The second-order valence-corrected chi connectivity index (χ2v) is 8.17. The second kappa shape index (κ2) is 9.88. The number of hydrogen-bond acceptors (Lipinski definition) is 5. The minimum atomic E-state index is 0.149. The summed E-state index contributed by atoms with van der Waals surface area (Å²) in [5.74, 6) is 0.512. The topological polar surface area (TPSA) is 63.9 Å². The maximum absolute atomic E-state index is 12.6. The summed E-state index contributed by atoms with van der Waals surface area (Å²) < 4.78 is 1.71. The van der Waals surface area contributed by atoms with Crippen LogP contribution in [0.25, 0.3) is 5.69 Å². The summed E-state index contributed by atoms with van der Waals surface area (Å²) in [5.41, 5.74) is 2.25. The molecule has 1 heterocycles. The van der Waals surface area contributed by atoms with Gasteiger partial charge >= 0.3 is 0 Å². The number of aryl methyl sites for hydroxylation is 1. The van der Waals surface area contributed by atoms with Crippen LogP contribution in [-0.4, -0.2) is 49.9 Å². The fourth-order valence-corrected chi connectivity index (χ4v) is 4.33. The molecule has 1 amide bonds. The molecule has 1 aliphatic carbocycles. The van der Waals surface area contributed by atoms with Gasteiger partial charge in [0.2, 0.25) is 11.1 Å². The first-order valence-electron chi connectivity index (χ1n) is 9.95. The number of tetrazole rings is 1. The first kappa shape index (κ1) is 19.9. The van der Waals surface area contributed by atoms with Crippen molar-refractivity contribution in [1.29, 1.82) is 0 Å². The lowest BCUT2D eigenvalue weighted by Gasteiger charge is -2.31. The van der Waals surface area contributed by atoms with E-state index in [0.29, 0.717) is 17.0 Å². The van der Waals surface area contributed by atoms with Gasteiger partial charge in [-0.25, -0.2) is 0 Å². The minimum Gasteiger partial charge on any atom is -0.342 e. The van der Waals surface area contributed by atoms with Crippen LogP contribution in [0.15, 0.2) is 29.4 Å². The van der Waals surface area contributed by atoms with E-state index in [9.17, 15) is 4.79 Å². The highest BCUT2D eigenvalue weighted by molar-refractivity contribution is 7.99. The van der Waals surface area contributed by atoms with Gasteiger partial charge in [-0.2, -0.15) is 4.68 Å². The lowest BCUT2D eigenvalue weighted by Crippen LogP contribution is -2.39. The summed E-state index contributed by atoms with van der Waals surface area (Å²) in [6.07, 6.45) is 9.46. The second-order valence-electron chi connectivity index (χ2n) is 7.23. The fourth-order valence-electron chi connectivity index (χ4n) is 3.52. The van der Waals surface area contributed by atoms with Crippen molar-refractivity contribution < 1.29 is 4.79 Å². The Labute approximate surface area is 165 Å². The summed E-state index contributed by atoms with van der Waals surface area (Å²) in [6.45, 7) is 2.20. The smallest absolute Gasteiger partial charge is 0.233 e. The van der Waals surface area contributed by atoms with Gasteiger partial charge in [0, 0.05) is 13.1 Å². The molecule has 7 heteroatoms. The Morgan fingerprint density at radius 1 is 1.22 bits per heavy atom. The van der Waals surface area contributed by atoms with Gasteiger partial charge in [-0.05, 0) is 53.8 Å². The van der Waals surface area contributed by atoms with E-state index < -0.39 is 0 Å². The molecule has 0 spiro atoms. The molecule has 146 valence electrons. The number of carbonyl (C=O) groups excluding carboxylic acids is 1. The highest BCUT2D eigenvalue weighted by Gasteiger charge is 2.22. The van der Waals surface area contributed by atoms with Gasteiger partial charge < -0.3 is 4.90 Å². The molecule has 1 aliphatic rings. The number of carbonyl (C=O) groups is 1. The van der Waals surface area contributed by atoms with Crippen LogP contribution in [0, 0.1) is 0 Å². The van der Waals surface area contributed by atoms with E-state index in [1.54, 1.807) is 4.68 Å². The fraction of sp³-hybridized carbons (Fsp3) is 0.600. The lowest BCUT2D eigenvalue weighted by molar-refractivity contribution is -0.129. The largest absolute Gasteiger partial charge is 0.342 e. The Bertz CT molecular complexity index is 724. The van der Waals surface area contributed by atoms with Crippen LogP contribution < -0.4 is 0 Å².